The average molecular weight is 403 g/mol. The molecule has 4 rings (SSSR count). The molecule has 0 saturated carbocycles. The van der Waals surface area contributed by atoms with Gasteiger partial charge in [0.2, 0.25) is 0 Å². The molecule has 0 amide bonds. The minimum absolute atomic E-state index is 0.0459. The summed E-state index contributed by atoms with van der Waals surface area (Å²) in [5, 5.41) is 13.3. The van der Waals surface area contributed by atoms with E-state index in [2.05, 4.69) is 0 Å². The Morgan fingerprint density at radius 1 is 1.00 bits per heavy atom. The van der Waals surface area contributed by atoms with Gasteiger partial charge in [0.1, 0.15) is 5.60 Å². The van der Waals surface area contributed by atoms with E-state index in [4.69, 9.17) is 4.74 Å². The van der Waals surface area contributed by atoms with Gasteiger partial charge in [-0.15, -0.1) is 0 Å². The summed E-state index contributed by atoms with van der Waals surface area (Å²) in [6.45, 7) is 3.90. The van der Waals surface area contributed by atoms with E-state index in [0.29, 0.717) is 23.4 Å². The van der Waals surface area contributed by atoms with Gasteiger partial charge in [0.25, 0.3) is 5.56 Å². The second-order valence-corrected chi connectivity index (χ2v) is 7.75. The predicted molar refractivity (Wildman–Crippen MR) is 113 cm³/mol. The number of carbonyl (C=O) groups excluding carboxylic acids is 1. The lowest BCUT2D eigenvalue weighted by atomic mass is 9.94. The highest BCUT2D eigenvalue weighted by Gasteiger charge is 2.39. The first-order valence-electron chi connectivity index (χ1n) is 10.0. The zero-order chi connectivity index (χ0) is 21.3. The van der Waals surface area contributed by atoms with Crippen molar-refractivity contribution in [3.63, 3.8) is 0 Å². The molecule has 0 bridgehead atoms. The number of nitrogens with zero attached hydrogens (tertiary/aromatic N) is 2. The summed E-state index contributed by atoms with van der Waals surface area (Å²) in [6, 6.07) is 17.9. The summed E-state index contributed by atoms with van der Waals surface area (Å²) < 4.78 is 8.22. The smallest absolute Gasteiger partial charge is 0.334 e. The first-order valence-corrected chi connectivity index (χ1v) is 10.0. The molecular formula is C24H23N2O4-. The van der Waals surface area contributed by atoms with Crippen molar-refractivity contribution >= 4 is 12.0 Å². The Bertz CT molecular complexity index is 1160. The zero-order valence-corrected chi connectivity index (χ0v) is 17.0. The summed E-state index contributed by atoms with van der Waals surface area (Å²) in [6.07, 6.45) is 3.38. The number of hydrogen-bond acceptors (Lipinski definition) is 4. The van der Waals surface area contributed by atoms with Gasteiger partial charge in [0.05, 0.1) is 16.9 Å². The summed E-state index contributed by atoms with van der Waals surface area (Å²) in [7, 11) is 0. The van der Waals surface area contributed by atoms with Crippen molar-refractivity contribution in [3.8, 4) is 17.3 Å². The van der Waals surface area contributed by atoms with Gasteiger partial charge >= 0.3 is 5.97 Å². The van der Waals surface area contributed by atoms with Gasteiger partial charge in [-0.1, -0.05) is 49.7 Å². The van der Waals surface area contributed by atoms with Gasteiger partial charge in [-0.25, -0.2) is 9.48 Å². The third kappa shape index (κ3) is 3.45. The van der Waals surface area contributed by atoms with Crippen molar-refractivity contribution < 1.29 is 14.6 Å². The summed E-state index contributed by atoms with van der Waals surface area (Å²) in [5.74, 6) is -0.942. The standard InChI is InChI=1S/C24H24N2O4/c1-3-14-24(2)16-17(23(29)30-24)15-20-21(27)25(18-10-6-4-7-11-18)26(22(20)28)19-12-8-5-9-13-19/h4-13,15,27H,3,14,16H2,1-2H3/p-1. The van der Waals surface area contributed by atoms with Crippen LogP contribution in [-0.4, -0.2) is 20.9 Å². The monoisotopic (exact) mass is 403 g/mol. The Hall–Kier alpha value is -3.54. The number of benzene rings is 2. The molecule has 1 fully saturated rings. The van der Waals surface area contributed by atoms with E-state index in [1.165, 1.54) is 15.4 Å². The lowest BCUT2D eigenvalue weighted by Gasteiger charge is -2.20. The van der Waals surface area contributed by atoms with E-state index in [1.807, 2.05) is 26.0 Å². The predicted octanol–water partition coefficient (Wildman–Crippen LogP) is 3.59. The van der Waals surface area contributed by atoms with Gasteiger partial charge < -0.3 is 9.84 Å². The van der Waals surface area contributed by atoms with Crippen molar-refractivity contribution in [1.82, 2.24) is 9.36 Å². The molecule has 154 valence electrons. The molecule has 0 aliphatic carbocycles. The third-order valence-corrected chi connectivity index (χ3v) is 5.31. The number of ether oxygens (including phenoxy) is 1. The molecule has 3 aromatic rings. The Balaban J connectivity index is 1.90. The molecule has 6 heteroatoms. The Morgan fingerprint density at radius 2 is 1.57 bits per heavy atom. The van der Waals surface area contributed by atoms with Crippen LogP contribution in [0.15, 0.2) is 71.0 Å². The van der Waals surface area contributed by atoms with Crippen molar-refractivity contribution in [3.05, 3.63) is 82.2 Å². The highest BCUT2D eigenvalue weighted by Crippen LogP contribution is 2.35. The van der Waals surface area contributed by atoms with Crippen LogP contribution in [0.4, 0.5) is 0 Å². The lowest BCUT2D eigenvalue weighted by Crippen LogP contribution is -2.23. The highest BCUT2D eigenvalue weighted by atomic mass is 16.6. The fourth-order valence-corrected chi connectivity index (χ4v) is 3.98. The van der Waals surface area contributed by atoms with Crippen LogP contribution in [0.1, 0.15) is 38.7 Å². The SMILES string of the molecule is CCCC1(C)CC(=Cc2c([O-])n(-c3ccccc3)n(-c3ccccc3)c2=O)C(=O)O1. The first kappa shape index (κ1) is 19.8. The van der Waals surface area contributed by atoms with Crippen LogP contribution < -0.4 is 10.7 Å². The van der Waals surface area contributed by atoms with E-state index in [-0.39, 0.29) is 5.56 Å². The summed E-state index contributed by atoms with van der Waals surface area (Å²) in [5.41, 5.74) is 0.373. The van der Waals surface area contributed by atoms with Gasteiger partial charge in [0.15, 0.2) is 0 Å². The number of para-hydroxylation sites is 2. The van der Waals surface area contributed by atoms with Crippen LogP contribution in [0.2, 0.25) is 0 Å². The molecule has 1 aromatic heterocycles. The third-order valence-electron chi connectivity index (χ3n) is 5.31. The average Bonchev–Trinajstić information content (AvgIpc) is 3.16. The molecule has 2 aromatic carbocycles. The topological polar surface area (TPSA) is 76.3 Å². The molecule has 1 unspecified atom stereocenters. The van der Waals surface area contributed by atoms with Crippen LogP contribution in [0.5, 0.6) is 5.88 Å². The van der Waals surface area contributed by atoms with Crippen LogP contribution in [0, 0.1) is 0 Å². The number of carbonyl (C=O) groups is 1. The normalized spacial score (nSPS) is 19.9. The van der Waals surface area contributed by atoms with Gasteiger partial charge in [0, 0.05) is 17.9 Å². The van der Waals surface area contributed by atoms with Crippen LogP contribution in [0.25, 0.3) is 17.5 Å². The van der Waals surface area contributed by atoms with Gasteiger partial charge in [-0.05, 0) is 43.7 Å². The van der Waals surface area contributed by atoms with E-state index in [9.17, 15) is 14.7 Å². The maximum Gasteiger partial charge on any atom is 0.334 e. The minimum Gasteiger partial charge on any atom is -0.858 e. The quantitative estimate of drug-likeness (QED) is 0.482. The molecule has 0 radical (unpaired) electrons. The molecule has 30 heavy (non-hydrogen) atoms. The molecule has 6 nitrogen and oxygen atoms in total. The fourth-order valence-electron chi connectivity index (χ4n) is 3.98. The van der Waals surface area contributed by atoms with Crippen molar-refractivity contribution in [2.75, 3.05) is 0 Å². The fraction of sp³-hybridized carbons (Fsp3) is 0.250. The molecule has 0 spiro atoms. The number of cyclic esters (lactones) is 1. The zero-order valence-electron chi connectivity index (χ0n) is 17.0. The largest absolute Gasteiger partial charge is 0.858 e. The molecular weight excluding hydrogens is 380 g/mol. The first-order chi connectivity index (χ1) is 14.4. The van der Waals surface area contributed by atoms with Crippen molar-refractivity contribution in [2.45, 2.75) is 38.7 Å². The lowest BCUT2D eigenvalue weighted by molar-refractivity contribution is -0.278. The number of hydrogen-bond donors (Lipinski definition) is 0. The molecule has 1 aliphatic heterocycles. The highest BCUT2D eigenvalue weighted by molar-refractivity contribution is 5.96. The van der Waals surface area contributed by atoms with E-state index >= 15 is 0 Å². The molecule has 0 N–H and O–H groups in total. The Morgan fingerprint density at radius 3 is 2.13 bits per heavy atom. The number of rotatable bonds is 5. The summed E-state index contributed by atoms with van der Waals surface area (Å²) in [4.78, 5) is 25.7. The van der Waals surface area contributed by atoms with Crippen molar-refractivity contribution in [2.24, 2.45) is 0 Å². The van der Waals surface area contributed by atoms with E-state index < -0.39 is 23.0 Å². The number of aromatic nitrogens is 2. The second kappa shape index (κ2) is 7.71. The van der Waals surface area contributed by atoms with Crippen LogP contribution >= 0.6 is 0 Å². The van der Waals surface area contributed by atoms with E-state index in [0.717, 1.165) is 12.8 Å². The van der Waals surface area contributed by atoms with Crippen LogP contribution in [-0.2, 0) is 9.53 Å². The van der Waals surface area contributed by atoms with Crippen molar-refractivity contribution in [1.29, 1.82) is 0 Å². The summed E-state index contributed by atoms with van der Waals surface area (Å²) >= 11 is 0. The number of esters is 1. The molecule has 1 saturated heterocycles. The second-order valence-electron chi connectivity index (χ2n) is 7.75. The minimum atomic E-state index is -0.596. The maximum absolute atomic E-state index is 13.3. The Labute approximate surface area is 174 Å². The molecule has 1 atom stereocenters. The maximum atomic E-state index is 13.3. The van der Waals surface area contributed by atoms with E-state index in [1.54, 1.807) is 48.5 Å². The molecule has 2 heterocycles. The molecule has 1 aliphatic rings. The Kier molecular flexibility index (Phi) is 5.08. The van der Waals surface area contributed by atoms with Crippen LogP contribution in [0.3, 0.4) is 0 Å². The van der Waals surface area contributed by atoms with Gasteiger partial charge in [-0.2, -0.15) is 0 Å². The van der Waals surface area contributed by atoms with Gasteiger partial charge in [-0.3, -0.25) is 9.48 Å².